The van der Waals surface area contributed by atoms with E-state index in [0.717, 1.165) is 21.8 Å². The van der Waals surface area contributed by atoms with E-state index in [-0.39, 0.29) is 0 Å². The van der Waals surface area contributed by atoms with Crippen molar-refractivity contribution < 1.29 is 9.15 Å². The molecule has 0 spiro atoms. The lowest BCUT2D eigenvalue weighted by Crippen LogP contribution is -2.02. The number of hydrogen-bond acceptors (Lipinski definition) is 7. The van der Waals surface area contributed by atoms with Gasteiger partial charge in [0.1, 0.15) is 17.1 Å². The number of ether oxygens (including phenoxy) is 1. The first kappa shape index (κ1) is 21.3. The summed E-state index contributed by atoms with van der Waals surface area (Å²) >= 11 is 7.19. The van der Waals surface area contributed by atoms with Crippen LogP contribution in [0.2, 0.25) is 5.02 Å². The highest BCUT2D eigenvalue weighted by Gasteiger charge is 2.15. The third-order valence-corrected chi connectivity index (χ3v) is 6.58. The lowest BCUT2D eigenvalue weighted by atomic mass is 10.0. The molecule has 0 amide bonds. The van der Waals surface area contributed by atoms with Gasteiger partial charge in [-0.2, -0.15) is 0 Å². The van der Waals surface area contributed by atoms with Crippen molar-refractivity contribution in [1.82, 2.24) is 10.2 Å². The molecule has 6 rings (SSSR count). The van der Waals surface area contributed by atoms with Crippen molar-refractivity contribution in [2.75, 3.05) is 5.32 Å². The first-order valence-corrected chi connectivity index (χ1v) is 11.9. The van der Waals surface area contributed by atoms with Crippen molar-refractivity contribution >= 4 is 55.5 Å². The number of rotatable bonds is 5. The van der Waals surface area contributed by atoms with Crippen LogP contribution in [0.4, 0.5) is 10.8 Å². The lowest BCUT2D eigenvalue weighted by molar-refractivity contribution is 0.483. The summed E-state index contributed by atoms with van der Waals surface area (Å²) < 4.78 is 11.4. The van der Waals surface area contributed by atoms with Crippen LogP contribution >= 0.6 is 22.9 Å². The molecule has 0 aliphatic carbocycles. The van der Waals surface area contributed by atoms with Gasteiger partial charge in [0.15, 0.2) is 5.01 Å². The quantitative estimate of drug-likeness (QED) is 0.194. The van der Waals surface area contributed by atoms with Crippen LogP contribution in [0.3, 0.4) is 0 Å². The van der Waals surface area contributed by atoms with Gasteiger partial charge in [0.05, 0.1) is 5.56 Å². The van der Waals surface area contributed by atoms with E-state index < -0.39 is 5.63 Å². The predicted octanol–water partition coefficient (Wildman–Crippen LogP) is 7.65. The third-order valence-electron chi connectivity index (χ3n) is 5.45. The zero-order valence-corrected chi connectivity index (χ0v) is 19.6. The minimum Gasteiger partial charge on any atom is -0.457 e. The van der Waals surface area contributed by atoms with Crippen molar-refractivity contribution in [2.45, 2.75) is 0 Å². The van der Waals surface area contributed by atoms with E-state index in [1.54, 1.807) is 12.1 Å². The van der Waals surface area contributed by atoms with E-state index in [9.17, 15) is 4.79 Å². The second kappa shape index (κ2) is 8.87. The number of halogens is 1. The topological polar surface area (TPSA) is 77.2 Å². The largest absolute Gasteiger partial charge is 0.457 e. The Hall–Kier alpha value is -4.20. The molecule has 8 heteroatoms. The molecule has 4 aromatic carbocycles. The molecule has 0 fully saturated rings. The molecule has 0 saturated carbocycles. The van der Waals surface area contributed by atoms with Crippen LogP contribution in [0.15, 0.2) is 100 Å². The molecule has 6 aromatic rings. The fraction of sp³-hybridized carbons (Fsp3) is 0. The fourth-order valence-electron chi connectivity index (χ4n) is 3.77. The van der Waals surface area contributed by atoms with Gasteiger partial charge in [0, 0.05) is 16.1 Å². The summed E-state index contributed by atoms with van der Waals surface area (Å²) in [6.07, 6.45) is 0. The zero-order valence-electron chi connectivity index (χ0n) is 18.1. The van der Waals surface area contributed by atoms with Gasteiger partial charge in [-0.15, -0.1) is 10.2 Å². The maximum absolute atomic E-state index is 12.7. The SMILES string of the molecule is O=c1oc2ccc3ccccc3c2cc1-c1nnc(Nc2ccc(Oc3ccc(Cl)cc3)cc2)s1. The highest BCUT2D eigenvalue weighted by molar-refractivity contribution is 7.18. The molecule has 0 bridgehead atoms. The smallest absolute Gasteiger partial charge is 0.346 e. The molecule has 2 aromatic heterocycles. The van der Waals surface area contributed by atoms with Crippen LogP contribution in [0, 0.1) is 0 Å². The summed E-state index contributed by atoms with van der Waals surface area (Å²) in [6, 6.07) is 28.2. The lowest BCUT2D eigenvalue weighted by Gasteiger charge is -2.07. The molecule has 2 heterocycles. The van der Waals surface area contributed by atoms with Crippen molar-refractivity contribution in [1.29, 1.82) is 0 Å². The Morgan fingerprint density at radius 3 is 2.37 bits per heavy atom. The van der Waals surface area contributed by atoms with E-state index >= 15 is 0 Å². The number of anilines is 2. The van der Waals surface area contributed by atoms with Crippen LogP contribution in [0.5, 0.6) is 11.5 Å². The summed E-state index contributed by atoms with van der Waals surface area (Å²) in [5.41, 5.74) is 1.29. The number of aromatic nitrogens is 2. The monoisotopic (exact) mass is 497 g/mol. The summed E-state index contributed by atoms with van der Waals surface area (Å²) in [4.78, 5) is 12.7. The van der Waals surface area contributed by atoms with Crippen LogP contribution in [0.1, 0.15) is 0 Å². The molecular weight excluding hydrogens is 482 g/mol. The Morgan fingerprint density at radius 1 is 0.829 bits per heavy atom. The molecule has 1 N–H and O–H groups in total. The normalized spacial score (nSPS) is 11.1. The first-order valence-electron chi connectivity index (χ1n) is 10.7. The Labute approximate surface area is 208 Å². The van der Waals surface area contributed by atoms with Gasteiger partial charge in [0.2, 0.25) is 5.13 Å². The van der Waals surface area contributed by atoms with Gasteiger partial charge in [-0.25, -0.2) is 4.79 Å². The predicted molar refractivity (Wildman–Crippen MR) is 140 cm³/mol. The van der Waals surface area contributed by atoms with Crippen molar-refractivity contribution in [3.8, 4) is 22.1 Å². The highest BCUT2D eigenvalue weighted by atomic mass is 35.5. The average molecular weight is 498 g/mol. The van der Waals surface area contributed by atoms with E-state index in [4.69, 9.17) is 20.8 Å². The summed E-state index contributed by atoms with van der Waals surface area (Å²) in [7, 11) is 0. The number of nitrogens with one attached hydrogen (secondary N) is 1. The highest BCUT2D eigenvalue weighted by Crippen LogP contribution is 2.32. The molecule has 0 saturated heterocycles. The number of benzene rings is 4. The molecular formula is C27H16ClN3O3S. The number of nitrogens with zero attached hydrogens (tertiary/aromatic N) is 2. The van der Waals surface area contributed by atoms with E-state index in [1.165, 1.54) is 11.3 Å². The molecule has 0 atom stereocenters. The molecule has 35 heavy (non-hydrogen) atoms. The van der Waals surface area contributed by atoms with Crippen molar-refractivity contribution in [2.24, 2.45) is 0 Å². The number of fused-ring (bicyclic) bond motifs is 3. The van der Waals surface area contributed by atoms with Crippen LogP contribution in [-0.2, 0) is 0 Å². The molecule has 0 aliphatic heterocycles. The van der Waals surface area contributed by atoms with Crippen LogP contribution in [-0.4, -0.2) is 10.2 Å². The Bertz CT molecular complexity index is 1730. The first-order chi connectivity index (χ1) is 17.1. The summed E-state index contributed by atoms with van der Waals surface area (Å²) in [5.74, 6) is 1.39. The minimum absolute atomic E-state index is 0.381. The van der Waals surface area contributed by atoms with E-state index in [1.807, 2.05) is 78.9 Å². The summed E-state index contributed by atoms with van der Waals surface area (Å²) in [6.45, 7) is 0. The Balaban J connectivity index is 1.24. The maximum atomic E-state index is 12.7. The van der Waals surface area contributed by atoms with Gasteiger partial charge in [0.25, 0.3) is 0 Å². The van der Waals surface area contributed by atoms with Crippen molar-refractivity contribution in [3.63, 3.8) is 0 Å². The van der Waals surface area contributed by atoms with Gasteiger partial charge < -0.3 is 14.5 Å². The molecule has 6 nitrogen and oxygen atoms in total. The second-order valence-electron chi connectivity index (χ2n) is 7.76. The van der Waals surface area contributed by atoms with Gasteiger partial charge in [-0.1, -0.05) is 53.3 Å². The second-order valence-corrected chi connectivity index (χ2v) is 9.18. The summed E-state index contributed by atoms with van der Waals surface area (Å²) in [5, 5.41) is 16.3. The molecule has 0 aliphatic rings. The molecule has 170 valence electrons. The van der Waals surface area contributed by atoms with E-state index in [2.05, 4.69) is 15.5 Å². The van der Waals surface area contributed by atoms with Gasteiger partial charge in [-0.3, -0.25) is 0 Å². The molecule has 0 unspecified atom stereocenters. The standard InChI is InChI=1S/C27H16ClN3O3S/c28-17-6-10-19(11-7-17)33-20-12-8-18(9-13-20)29-27-31-30-25(35-27)23-15-22-21-4-2-1-3-16(21)5-14-24(22)34-26(23)32/h1-15H,(H,29,31). The number of hydrogen-bond donors (Lipinski definition) is 1. The zero-order chi connectivity index (χ0) is 23.8. The van der Waals surface area contributed by atoms with Crippen LogP contribution in [0.25, 0.3) is 32.3 Å². The van der Waals surface area contributed by atoms with Gasteiger partial charge >= 0.3 is 5.63 Å². The fourth-order valence-corrected chi connectivity index (χ4v) is 4.67. The van der Waals surface area contributed by atoms with Gasteiger partial charge in [-0.05, 0) is 71.4 Å². The maximum Gasteiger partial charge on any atom is 0.346 e. The average Bonchev–Trinajstić information content (AvgIpc) is 3.34. The Kier molecular flexibility index (Phi) is 5.41. The van der Waals surface area contributed by atoms with Crippen LogP contribution < -0.4 is 15.7 Å². The minimum atomic E-state index is -0.445. The molecule has 0 radical (unpaired) electrons. The van der Waals surface area contributed by atoms with Crippen molar-refractivity contribution in [3.05, 3.63) is 106 Å². The third kappa shape index (κ3) is 4.35. The Morgan fingerprint density at radius 2 is 1.57 bits per heavy atom. The van der Waals surface area contributed by atoms with E-state index in [0.29, 0.717) is 37.8 Å².